The van der Waals surface area contributed by atoms with Gasteiger partial charge in [0.1, 0.15) is 24.2 Å². The normalized spacial score (nSPS) is 21.3. The molecule has 3 N–H and O–H groups in total. The highest BCUT2D eigenvalue weighted by Gasteiger charge is 2.21. The van der Waals surface area contributed by atoms with E-state index >= 15 is 0 Å². The first kappa shape index (κ1) is 21.8. The van der Waals surface area contributed by atoms with Crippen LogP contribution in [0.1, 0.15) is 25.0 Å². The van der Waals surface area contributed by atoms with Crippen molar-refractivity contribution >= 4 is 22.9 Å². The molecule has 0 aliphatic carbocycles. The molecule has 4 rings (SSSR count). The molecule has 0 spiro atoms. The number of ether oxygens (including phenoxy) is 3. The van der Waals surface area contributed by atoms with Gasteiger partial charge in [-0.25, -0.2) is 0 Å². The van der Waals surface area contributed by atoms with Crippen LogP contribution in [-0.4, -0.2) is 80.9 Å². The molecule has 9 heteroatoms. The number of aliphatic imine (C=N–C) groups is 1. The van der Waals surface area contributed by atoms with Crippen molar-refractivity contribution < 1.29 is 14.2 Å². The van der Waals surface area contributed by atoms with Gasteiger partial charge >= 0.3 is 0 Å². The number of benzene rings is 1. The van der Waals surface area contributed by atoms with Gasteiger partial charge in [0, 0.05) is 38.7 Å². The fourth-order valence-electron chi connectivity index (χ4n) is 3.81. The van der Waals surface area contributed by atoms with Crippen LogP contribution in [-0.2, 0) is 9.47 Å². The van der Waals surface area contributed by atoms with Crippen molar-refractivity contribution in [3.8, 4) is 5.75 Å². The highest BCUT2D eigenvalue weighted by Crippen LogP contribution is 2.27. The molecular formula is C22H32N6O3. The van der Waals surface area contributed by atoms with E-state index in [4.69, 9.17) is 14.2 Å². The second kappa shape index (κ2) is 11.2. The van der Waals surface area contributed by atoms with Gasteiger partial charge in [-0.15, -0.1) is 0 Å². The van der Waals surface area contributed by atoms with E-state index in [-0.39, 0.29) is 6.17 Å². The van der Waals surface area contributed by atoms with Gasteiger partial charge in [0.2, 0.25) is 0 Å². The number of methoxy groups -OCH3 is 1. The van der Waals surface area contributed by atoms with Crippen molar-refractivity contribution in [2.45, 2.75) is 25.4 Å². The molecule has 0 saturated carbocycles. The topological polar surface area (TPSA) is 96.0 Å². The van der Waals surface area contributed by atoms with E-state index in [1.165, 1.54) is 0 Å². The fraction of sp³-hybridized carbons (Fsp3) is 0.545. The standard InChI is InChI=1S/C22H32N6O3/c1-29-11-12-31-17-5-6-19-18(13-17)22(27-26-19)20-14-21(25-15-24-20)28-8-3-2-4-10-30-16-23-7-9-28/h5-6,13-15,21,23H,2-4,7-12,16H2,1H3,(H,24,25)(H,26,27). The molecule has 1 fully saturated rings. The zero-order valence-electron chi connectivity index (χ0n) is 18.1. The number of rotatable bonds is 6. The molecule has 168 valence electrons. The molecule has 31 heavy (non-hydrogen) atoms. The summed E-state index contributed by atoms with van der Waals surface area (Å²) in [6, 6.07) is 5.95. The van der Waals surface area contributed by atoms with Gasteiger partial charge in [-0.05, 0) is 43.5 Å². The largest absolute Gasteiger partial charge is 0.491 e. The number of hydrogen-bond donors (Lipinski definition) is 3. The molecule has 0 amide bonds. The molecule has 0 bridgehead atoms. The lowest BCUT2D eigenvalue weighted by atomic mass is 10.1. The number of nitrogens with one attached hydrogen (secondary N) is 3. The second-order valence-electron chi connectivity index (χ2n) is 7.69. The van der Waals surface area contributed by atoms with E-state index in [9.17, 15) is 0 Å². The van der Waals surface area contributed by atoms with E-state index in [0.29, 0.717) is 19.9 Å². The molecule has 1 aromatic heterocycles. The number of aromatic nitrogens is 2. The maximum atomic E-state index is 5.78. The third kappa shape index (κ3) is 5.82. The minimum absolute atomic E-state index is 0.0207. The van der Waals surface area contributed by atoms with Crippen LogP contribution in [0.2, 0.25) is 0 Å². The minimum Gasteiger partial charge on any atom is -0.491 e. The first-order valence-corrected chi connectivity index (χ1v) is 11.0. The number of aromatic amines is 1. The molecule has 1 aromatic carbocycles. The predicted molar refractivity (Wildman–Crippen MR) is 121 cm³/mol. The van der Waals surface area contributed by atoms with Crippen molar-refractivity contribution in [3.05, 3.63) is 30.0 Å². The Morgan fingerprint density at radius 2 is 2.16 bits per heavy atom. The van der Waals surface area contributed by atoms with E-state index in [2.05, 4.69) is 36.8 Å². The predicted octanol–water partition coefficient (Wildman–Crippen LogP) is 1.94. The number of nitrogens with zero attached hydrogens (tertiary/aromatic N) is 3. The molecule has 0 radical (unpaired) electrons. The quantitative estimate of drug-likeness (QED) is 0.605. The number of hydrogen-bond acceptors (Lipinski definition) is 8. The summed E-state index contributed by atoms with van der Waals surface area (Å²) in [6.45, 7) is 5.29. The Morgan fingerprint density at radius 3 is 3.10 bits per heavy atom. The van der Waals surface area contributed by atoms with Gasteiger partial charge in [0.15, 0.2) is 0 Å². The van der Waals surface area contributed by atoms with Crippen LogP contribution in [0.25, 0.3) is 16.6 Å². The SMILES string of the molecule is COCCOc1ccc2[nH]nc(C3=CC(N4CCCCCOCNCC4)N=CN3)c2c1. The van der Waals surface area contributed by atoms with Crippen molar-refractivity contribution in [3.63, 3.8) is 0 Å². The molecule has 1 saturated heterocycles. The Bertz CT molecular complexity index is 884. The molecule has 2 aromatic rings. The maximum absolute atomic E-state index is 5.78. The number of fused-ring (bicyclic) bond motifs is 1. The highest BCUT2D eigenvalue weighted by atomic mass is 16.5. The van der Waals surface area contributed by atoms with Gasteiger partial charge in [0.05, 0.1) is 30.9 Å². The fourth-order valence-corrected chi connectivity index (χ4v) is 3.81. The molecular weight excluding hydrogens is 396 g/mol. The average Bonchev–Trinajstić information content (AvgIpc) is 3.19. The summed E-state index contributed by atoms with van der Waals surface area (Å²) in [6.07, 6.45) is 7.32. The average molecular weight is 429 g/mol. The minimum atomic E-state index is -0.0207. The van der Waals surface area contributed by atoms with Gasteiger partial charge < -0.3 is 19.5 Å². The van der Waals surface area contributed by atoms with Crippen LogP contribution < -0.4 is 15.4 Å². The van der Waals surface area contributed by atoms with Crippen molar-refractivity contribution in [2.24, 2.45) is 4.99 Å². The molecule has 1 unspecified atom stereocenters. The molecule has 9 nitrogen and oxygen atoms in total. The van der Waals surface area contributed by atoms with Gasteiger partial charge in [-0.2, -0.15) is 5.10 Å². The molecule has 3 heterocycles. The summed E-state index contributed by atoms with van der Waals surface area (Å²) < 4.78 is 16.4. The van der Waals surface area contributed by atoms with Crippen molar-refractivity contribution in [1.82, 2.24) is 25.7 Å². The summed E-state index contributed by atoms with van der Waals surface area (Å²) >= 11 is 0. The monoisotopic (exact) mass is 428 g/mol. The summed E-state index contributed by atoms with van der Waals surface area (Å²) in [7, 11) is 1.67. The van der Waals surface area contributed by atoms with E-state index in [1.54, 1.807) is 13.4 Å². The molecule has 1 atom stereocenters. The summed E-state index contributed by atoms with van der Waals surface area (Å²) in [4.78, 5) is 7.09. The number of H-pyrrole nitrogens is 1. The first-order chi connectivity index (χ1) is 15.3. The van der Waals surface area contributed by atoms with E-state index in [0.717, 1.165) is 73.5 Å². The Kier molecular flexibility index (Phi) is 7.89. The lowest BCUT2D eigenvalue weighted by Crippen LogP contribution is -2.41. The van der Waals surface area contributed by atoms with Gasteiger partial charge in [-0.1, -0.05) is 0 Å². The van der Waals surface area contributed by atoms with Crippen LogP contribution in [0, 0.1) is 0 Å². The van der Waals surface area contributed by atoms with Crippen LogP contribution in [0.4, 0.5) is 0 Å². The van der Waals surface area contributed by atoms with Gasteiger partial charge in [0.25, 0.3) is 0 Å². The van der Waals surface area contributed by atoms with E-state index < -0.39 is 0 Å². The third-order valence-corrected chi connectivity index (χ3v) is 5.50. The summed E-state index contributed by atoms with van der Waals surface area (Å²) in [5, 5.41) is 15.3. The third-order valence-electron chi connectivity index (χ3n) is 5.50. The van der Waals surface area contributed by atoms with Crippen molar-refractivity contribution in [1.29, 1.82) is 0 Å². The Hall–Kier alpha value is -2.46. The maximum Gasteiger partial charge on any atom is 0.125 e. The Labute approximate surface area is 182 Å². The van der Waals surface area contributed by atoms with Crippen LogP contribution in [0.3, 0.4) is 0 Å². The van der Waals surface area contributed by atoms with Crippen LogP contribution in [0.5, 0.6) is 5.75 Å². The van der Waals surface area contributed by atoms with Crippen LogP contribution >= 0.6 is 0 Å². The lowest BCUT2D eigenvalue weighted by molar-refractivity contribution is 0.113. The van der Waals surface area contributed by atoms with Crippen molar-refractivity contribution in [2.75, 3.05) is 53.3 Å². The first-order valence-electron chi connectivity index (χ1n) is 11.0. The zero-order chi connectivity index (χ0) is 21.3. The second-order valence-corrected chi connectivity index (χ2v) is 7.69. The lowest BCUT2D eigenvalue weighted by Gasteiger charge is -2.29. The Balaban J connectivity index is 1.51. The molecule has 2 aliphatic heterocycles. The highest BCUT2D eigenvalue weighted by molar-refractivity contribution is 5.93. The van der Waals surface area contributed by atoms with E-state index in [1.807, 2.05) is 18.2 Å². The zero-order valence-corrected chi connectivity index (χ0v) is 18.1. The summed E-state index contributed by atoms with van der Waals surface area (Å²) in [5.41, 5.74) is 2.79. The van der Waals surface area contributed by atoms with Gasteiger partial charge in [-0.3, -0.25) is 20.3 Å². The molecule has 2 aliphatic rings. The Morgan fingerprint density at radius 1 is 1.19 bits per heavy atom. The smallest absolute Gasteiger partial charge is 0.125 e. The van der Waals surface area contributed by atoms with Crippen LogP contribution in [0.15, 0.2) is 29.3 Å². The summed E-state index contributed by atoms with van der Waals surface area (Å²) in [5.74, 6) is 0.800.